The summed E-state index contributed by atoms with van der Waals surface area (Å²) in [5.41, 5.74) is 3.87. The van der Waals surface area contributed by atoms with Crippen molar-refractivity contribution in [2.45, 2.75) is 46.0 Å². The lowest BCUT2D eigenvalue weighted by molar-refractivity contribution is -0.112. The minimum atomic E-state index is -0.253. The Morgan fingerprint density at radius 1 is 1.25 bits per heavy atom. The van der Waals surface area contributed by atoms with Crippen LogP contribution in [0.4, 0.5) is 0 Å². The number of hydrogen-bond acceptors (Lipinski definition) is 1. The van der Waals surface area contributed by atoms with E-state index >= 15 is 0 Å². The van der Waals surface area contributed by atoms with E-state index in [0.29, 0.717) is 6.42 Å². The molecular weight excluding hydrogens is 220 g/mol. The molecule has 0 saturated carbocycles. The van der Waals surface area contributed by atoms with Crippen LogP contribution in [0.15, 0.2) is 18.2 Å². The molecule has 0 spiro atoms. The van der Waals surface area contributed by atoms with Gasteiger partial charge in [0.2, 0.25) is 5.24 Å². The Morgan fingerprint density at radius 3 is 2.38 bits per heavy atom. The number of rotatable bonds is 4. The number of halogens is 1. The quantitative estimate of drug-likeness (QED) is 0.721. The van der Waals surface area contributed by atoms with Gasteiger partial charge < -0.3 is 0 Å². The Morgan fingerprint density at radius 2 is 1.88 bits per heavy atom. The minimum absolute atomic E-state index is 0.00299. The number of benzene rings is 1. The third-order valence-corrected chi connectivity index (χ3v) is 3.42. The average molecular weight is 239 g/mol. The topological polar surface area (TPSA) is 17.1 Å². The molecule has 1 rings (SSSR count). The van der Waals surface area contributed by atoms with E-state index in [1.54, 1.807) is 0 Å². The van der Waals surface area contributed by atoms with Crippen LogP contribution in [0.3, 0.4) is 0 Å². The van der Waals surface area contributed by atoms with Gasteiger partial charge in [0.15, 0.2) is 0 Å². The summed E-state index contributed by atoms with van der Waals surface area (Å²) in [6.07, 6.45) is 1.22. The van der Waals surface area contributed by atoms with Crippen molar-refractivity contribution in [3.63, 3.8) is 0 Å². The van der Waals surface area contributed by atoms with Gasteiger partial charge in [0, 0.05) is 6.42 Å². The Labute approximate surface area is 103 Å². The van der Waals surface area contributed by atoms with Gasteiger partial charge in [0.25, 0.3) is 0 Å². The first-order valence-electron chi connectivity index (χ1n) is 5.59. The number of carbonyl (C=O) groups excluding carboxylic acids is 1. The van der Waals surface area contributed by atoms with Crippen molar-refractivity contribution in [3.8, 4) is 0 Å². The second-order valence-electron chi connectivity index (χ2n) is 5.04. The van der Waals surface area contributed by atoms with Crippen molar-refractivity contribution in [3.05, 3.63) is 34.9 Å². The molecule has 0 bridgehead atoms. The fraction of sp³-hybridized carbons (Fsp3) is 0.500. The summed E-state index contributed by atoms with van der Waals surface area (Å²) in [7, 11) is 0. The van der Waals surface area contributed by atoms with E-state index in [1.165, 1.54) is 16.7 Å². The molecule has 16 heavy (non-hydrogen) atoms. The van der Waals surface area contributed by atoms with Gasteiger partial charge in [-0.15, -0.1) is 0 Å². The number of carbonyl (C=O) groups is 1. The van der Waals surface area contributed by atoms with Crippen LogP contribution < -0.4 is 0 Å². The van der Waals surface area contributed by atoms with Crippen molar-refractivity contribution in [2.24, 2.45) is 0 Å². The highest BCUT2D eigenvalue weighted by Gasteiger charge is 2.21. The molecule has 0 N–H and O–H groups in total. The van der Waals surface area contributed by atoms with Crippen molar-refractivity contribution in [1.29, 1.82) is 0 Å². The van der Waals surface area contributed by atoms with Crippen LogP contribution in [-0.4, -0.2) is 5.24 Å². The van der Waals surface area contributed by atoms with Gasteiger partial charge in [-0.1, -0.05) is 32.0 Å². The van der Waals surface area contributed by atoms with Gasteiger partial charge in [0.05, 0.1) is 0 Å². The van der Waals surface area contributed by atoms with Gasteiger partial charge in [0.1, 0.15) is 0 Å². The summed E-state index contributed by atoms with van der Waals surface area (Å²) in [5, 5.41) is -0.253. The molecule has 0 atom stereocenters. The molecule has 0 radical (unpaired) electrons. The molecular formula is C14H19ClO. The third-order valence-electron chi connectivity index (χ3n) is 3.23. The largest absolute Gasteiger partial charge is 0.281 e. The van der Waals surface area contributed by atoms with E-state index < -0.39 is 0 Å². The summed E-state index contributed by atoms with van der Waals surface area (Å²) < 4.78 is 0. The highest BCUT2D eigenvalue weighted by Crippen LogP contribution is 2.30. The molecule has 0 unspecified atom stereocenters. The van der Waals surface area contributed by atoms with E-state index in [4.69, 9.17) is 11.6 Å². The van der Waals surface area contributed by atoms with Gasteiger partial charge in [-0.3, -0.25) is 4.79 Å². The molecule has 88 valence electrons. The van der Waals surface area contributed by atoms with Crippen molar-refractivity contribution >= 4 is 16.8 Å². The van der Waals surface area contributed by atoms with Crippen LogP contribution in [0, 0.1) is 13.8 Å². The first-order valence-corrected chi connectivity index (χ1v) is 5.97. The predicted octanol–water partition coefficient (Wildman–Crippen LogP) is 4.13. The van der Waals surface area contributed by atoms with Crippen LogP contribution in [-0.2, 0) is 10.2 Å². The molecule has 0 aliphatic carbocycles. The maximum Gasteiger partial charge on any atom is 0.221 e. The maximum atomic E-state index is 10.8. The van der Waals surface area contributed by atoms with Crippen molar-refractivity contribution in [1.82, 2.24) is 0 Å². The van der Waals surface area contributed by atoms with Crippen molar-refractivity contribution < 1.29 is 4.79 Å². The van der Waals surface area contributed by atoms with Gasteiger partial charge in [-0.05, 0) is 54.0 Å². The maximum absolute atomic E-state index is 10.8. The zero-order valence-corrected chi connectivity index (χ0v) is 11.2. The van der Waals surface area contributed by atoms with E-state index in [-0.39, 0.29) is 10.7 Å². The predicted molar refractivity (Wildman–Crippen MR) is 69.0 cm³/mol. The molecule has 0 aliphatic heterocycles. The number of aryl methyl sites for hydroxylation is 2. The fourth-order valence-corrected chi connectivity index (χ4v) is 1.81. The molecule has 0 saturated heterocycles. The Balaban J connectivity index is 2.88. The highest BCUT2D eigenvalue weighted by molar-refractivity contribution is 6.63. The van der Waals surface area contributed by atoms with Crippen LogP contribution in [0.25, 0.3) is 0 Å². The molecule has 0 aliphatic rings. The SMILES string of the molecule is Cc1ccc(C(C)(C)CCC(=O)Cl)cc1C. The van der Waals surface area contributed by atoms with Crippen molar-refractivity contribution in [2.75, 3.05) is 0 Å². The zero-order chi connectivity index (χ0) is 12.3. The first-order chi connectivity index (χ1) is 7.33. The van der Waals surface area contributed by atoms with E-state index in [0.717, 1.165) is 6.42 Å². The highest BCUT2D eigenvalue weighted by atomic mass is 35.5. The molecule has 0 aromatic heterocycles. The zero-order valence-electron chi connectivity index (χ0n) is 10.4. The smallest absolute Gasteiger partial charge is 0.221 e. The van der Waals surface area contributed by atoms with Crippen LogP contribution >= 0.6 is 11.6 Å². The second-order valence-corrected chi connectivity index (χ2v) is 5.46. The standard InChI is InChI=1S/C14H19ClO/c1-10-5-6-12(9-11(10)2)14(3,4)8-7-13(15)16/h5-6,9H,7-8H2,1-4H3. The summed E-state index contributed by atoms with van der Waals surface area (Å²) in [5.74, 6) is 0. The normalized spacial score (nSPS) is 11.6. The molecule has 1 aromatic carbocycles. The monoisotopic (exact) mass is 238 g/mol. The fourth-order valence-electron chi connectivity index (χ4n) is 1.72. The number of hydrogen-bond donors (Lipinski definition) is 0. The van der Waals surface area contributed by atoms with E-state index in [9.17, 15) is 4.79 Å². The molecule has 2 heteroatoms. The second kappa shape index (κ2) is 5.01. The molecule has 0 amide bonds. The average Bonchev–Trinajstić information content (AvgIpc) is 2.19. The Bertz CT molecular complexity index is 394. The van der Waals surface area contributed by atoms with Crippen LogP contribution in [0.2, 0.25) is 0 Å². The molecule has 1 nitrogen and oxygen atoms in total. The summed E-state index contributed by atoms with van der Waals surface area (Å²) in [4.78, 5) is 10.8. The van der Waals surface area contributed by atoms with Gasteiger partial charge >= 0.3 is 0 Å². The lowest BCUT2D eigenvalue weighted by atomic mass is 9.80. The van der Waals surface area contributed by atoms with Crippen LogP contribution in [0.5, 0.6) is 0 Å². The lowest BCUT2D eigenvalue weighted by Gasteiger charge is -2.25. The first kappa shape index (κ1) is 13.2. The van der Waals surface area contributed by atoms with Gasteiger partial charge in [-0.2, -0.15) is 0 Å². The molecule has 0 fully saturated rings. The Hall–Kier alpha value is -0.820. The minimum Gasteiger partial charge on any atom is -0.281 e. The summed E-state index contributed by atoms with van der Waals surface area (Å²) >= 11 is 5.39. The summed E-state index contributed by atoms with van der Waals surface area (Å²) in [6.45, 7) is 8.52. The van der Waals surface area contributed by atoms with E-state index in [1.807, 2.05) is 0 Å². The van der Waals surface area contributed by atoms with Gasteiger partial charge in [-0.25, -0.2) is 0 Å². The Kier molecular flexibility index (Phi) is 4.15. The molecule has 1 aromatic rings. The van der Waals surface area contributed by atoms with E-state index in [2.05, 4.69) is 45.9 Å². The molecule has 0 heterocycles. The lowest BCUT2D eigenvalue weighted by Crippen LogP contribution is -2.18. The van der Waals surface area contributed by atoms with Crippen LogP contribution in [0.1, 0.15) is 43.4 Å². The third kappa shape index (κ3) is 3.34. The summed E-state index contributed by atoms with van der Waals surface area (Å²) in [6, 6.07) is 6.48.